The van der Waals surface area contributed by atoms with Crippen molar-refractivity contribution in [3.05, 3.63) is 70.2 Å². The summed E-state index contributed by atoms with van der Waals surface area (Å²) in [5, 5.41) is 10.8. The Morgan fingerprint density at radius 1 is 1.21 bits per heavy atom. The average Bonchev–Trinajstić information content (AvgIpc) is 3.51. The van der Waals surface area contributed by atoms with E-state index in [2.05, 4.69) is 0 Å². The van der Waals surface area contributed by atoms with Crippen LogP contribution in [0.2, 0.25) is 0 Å². The van der Waals surface area contributed by atoms with E-state index in [1.807, 2.05) is 13.0 Å². The van der Waals surface area contributed by atoms with E-state index in [4.69, 9.17) is 9.15 Å². The summed E-state index contributed by atoms with van der Waals surface area (Å²) in [6, 6.07) is 9.51. The van der Waals surface area contributed by atoms with Crippen molar-refractivity contribution in [3.63, 3.8) is 0 Å². The molecule has 176 valence electrons. The predicted molar refractivity (Wildman–Crippen MR) is 122 cm³/mol. The molecule has 0 N–H and O–H groups in total. The molecule has 0 bridgehead atoms. The van der Waals surface area contributed by atoms with Gasteiger partial charge in [0.2, 0.25) is 11.8 Å². The lowest BCUT2D eigenvalue weighted by atomic mass is 10.2. The van der Waals surface area contributed by atoms with Crippen LogP contribution in [0.4, 0.5) is 5.69 Å². The van der Waals surface area contributed by atoms with Gasteiger partial charge >= 0.3 is 0 Å². The Kier molecular flexibility index (Phi) is 8.77. The van der Waals surface area contributed by atoms with Crippen LogP contribution in [0, 0.1) is 10.1 Å². The third kappa shape index (κ3) is 7.28. The minimum atomic E-state index is -0.474. The molecule has 2 heterocycles. The van der Waals surface area contributed by atoms with Crippen LogP contribution >= 0.6 is 0 Å². The van der Waals surface area contributed by atoms with E-state index in [-0.39, 0.29) is 30.2 Å². The summed E-state index contributed by atoms with van der Waals surface area (Å²) in [6.45, 7) is 3.79. The Balaban J connectivity index is 1.66. The van der Waals surface area contributed by atoms with Crippen molar-refractivity contribution in [2.24, 2.45) is 0 Å². The first-order chi connectivity index (χ1) is 16.0. The molecule has 0 saturated carbocycles. The Labute approximate surface area is 192 Å². The van der Waals surface area contributed by atoms with Crippen LogP contribution in [0.5, 0.6) is 0 Å². The molecule has 0 aliphatic carbocycles. The van der Waals surface area contributed by atoms with Gasteiger partial charge in [0.1, 0.15) is 12.3 Å². The summed E-state index contributed by atoms with van der Waals surface area (Å²) in [5.41, 5.74) is 0.647. The number of non-ortho nitro benzene ring substituents is 1. The van der Waals surface area contributed by atoms with Gasteiger partial charge in [-0.15, -0.1) is 0 Å². The second-order valence-corrected chi connectivity index (χ2v) is 7.93. The molecule has 1 unspecified atom stereocenters. The third-order valence-corrected chi connectivity index (χ3v) is 5.38. The highest BCUT2D eigenvalue weighted by Gasteiger charge is 2.25. The summed E-state index contributed by atoms with van der Waals surface area (Å²) in [6.07, 6.45) is 7.11. The van der Waals surface area contributed by atoms with E-state index in [9.17, 15) is 19.7 Å². The van der Waals surface area contributed by atoms with Gasteiger partial charge in [-0.3, -0.25) is 19.7 Å². The number of hydrogen-bond acceptors (Lipinski definition) is 6. The lowest BCUT2D eigenvalue weighted by Crippen LogP contribution is -2.44. The fourth-order valence-corrected chi connectivity index (χ4v) is 3.66. The van der Waals surface area contributed by atoms with Crippen LogP contribution in [0.1, 0.15) is 37.5 Å². The van der Waals surface area contributed by atoms with E-state index >= 15 is 0 Å². The van der Waals surface area contributed by atoms with Crippen molar-refractivity contribution < 1.29 is 23.7 Å². The van der Waals surface area contributed by atoms with Crippen molar-refractivity contribution in [2.45, 2.75) is 38.8 Å². The van der Waals surface area contributed by atoms with Crippen LogP contribution in [0.25, 0.3) is 6.08 Å². The molecule has 9 heteroatoms. The van der Waals surface area contributed by atoms with Crippen molar-refractivity contribution in [3.8, 4) is 0 Å². The Morgan fingerprint density at radius 2 is 2.00 bits per heavy atom. The molecule has 1 fully saturated rings. The van der Waals surface area contributed by atoms with Gasteiger partial charge in [-0.2, -0.15) is 0 Å². The van der Waals surface area contributed by atoms with Gasteiger partial charge in [0.25, 0.3) is 5.69 Å². The van der Waals surface area contributed by atoms with Gasteiger partial charge in [0.05, 0.1) is 23.8 Å². The number of nitrogens with zero attached hydrogens (tertiary/aromatic N) is 3. The van der Waals surface area contributed by atoms with Gasteiger partial charge in [-0.25, -0.2) is 0 Å². The molecule has 1 aromatic heterocycles. The highest BCUT2D eigenvalue weighted by atomic mass is 16.6. The third-order valence-electron chi connectivity index (χ3n) is 5.38. The lowest BCUT2D eigenvalue weighted by molar-refractivity contribution is -0.384. The van der Waals surface area contributed by atoms with Crippen molar-refractivity contribution in [1.82, 2.24) is 9.80 Å². The molecule has 33 heavy (non-hydrogen) atoms. The Hall–Kier alpha value is -3.46. The van der Waals surface area contributed by atoms with Gasteiger partial charge < -0.3 is 19.0 Å². The van der Waals surface area contributed by atoms with Gasteiger partial charge in [-0.05, 0) is 55.2 Å². The number of ether oxygens (including phenoxy) is 1. The van der Waals surface area contributed by atoms with Crippen molar-refractivity contribution in [1.29, 1.82) is 0 Å². The number of benzene rings is 1. The summed E-state index contributed by atoms with van der Waals surface area (Å²) in [7, 11) is 0. The lowest BCUT2D eigenvalue weighted by Gasteiger charge is -2.28. The molecule has 3 rings (SSSR count). The van der Waals surface area contributed by atoms with Crippen molar-refractivity contribution in [2.75, 3.05) is 26.2 Å². The second kappa shape index (κ2) is 12.0. The van der Waals surface area contributed by atoms with Crippen LogP contribution < -0.4 is 0 Å². The number of nitro groups is 1. The van der Waals surface area contributed by atoms with E-state index in [1.165, 1.54) is 23.1 Å². The minimum absolute atomic E-state index is 0.0127. The topological polar surface area (TPSA) is 106 Å². The number of carbonyl (C=O) groups excluding carboxylic acids is 2. The highest BCUT2D eigenvalue weighted by Crippen LogP contribution is 2.16. The standard InChI is InChI=1S/C24H29N3O6/c1-2-13-25(23(28)12-9-19-7-10-20(11-8-19)27(30)31)18-24(29)26(16-21-5-3-14-32-21)17-22-6-4-15-33-22/h3,5,7-12,14,22H,2,4,6,13,15-18H2,1H3. The average molecular weight is 456 g/mol. The summed E-state index contributed by atoms with van der Waals surface area (Å²) in [5.74, 6) is 0.207. The zero-order chi connectivity index (χ0) is 23.6. The first kappa shape index (κ1) is 24.2. The smallest absolute Gasteiger partial charge is 0.269 e. The van der Waals surface area contributed by atoms with Gasteiger partial charge in [0, 0.05) is 37.9 Å². The highest BCUT2D eigenvalue weighted by molar-refractivity contribution is 5.94. The first-order valence-corrected chi connectivity index (χ1v) is 11.1. The maximum atomic E-state index is 13.2. The van der Waals surface area contributed by atoms with Gasteiger partial charge in [-0.1, -0.05) is 6.92 Å². The maximum absolute atomic E-state index is 13.2. The zero-order valence-electron chi connectivity index (χ0n) is 18.7. The van der Waals surface area contributed by atoms with Gasteiger partial charge in [0.15, 0.2) is 0 Å². The summed E-state index contributed by atoms with van der Waals surface area (Å²) < 4.78 is 11.1. The maximum Gasteiger partial charge on any atom is 0.269 e. The quantitative estimate of drug-likeness (QED) is 0.291. The number of carbonyl (C=O) groups is 2. The number of nitro benzene ring substituents is 1. The Morgan fingerprint density at radius 3 is 2.61 bits per heavy atom. The van der Waals surface area contributed by atoms with Crippen LogP contribution in [0.15, 0.2) is 53.2 Å². The molecule has 1 aliphatic heterocycles. The normalized spacial score (nSPS) is 15.6. The predicted octanol–water partition coefficient (Wildman–Crippen LogP) is 3.65. The molecule has 9 nitrogen and oxygen atoms in total. The largest absolute Gasteiger partial charge is 0.467 e. The van der Waals surface area contributed by atoms with Crippen LogP contribution in [-0.2, 0) is 20.9 Å². The number of hydrogen-bond donors (Lipinski definition) is 0. The number of rotatable bonds is 11. The van der Waals surface area contributed by atoms with E-state index < -0.39 is 4.92 Å². The van der Waals surface area contributed by atoms with Crippen LogP contribution in [-0.4, -0.2) is 58.9 Å². The molecule has 0 radical (unpaired) electrons. The van der Waals surface area contributed by atoms with E-state index in [1.54, 1.807) is 35.4 Å². The second-order valence-electron chi connectivity index (χ2n) is 7.93. The first-order valence-electron chi connectivity index (χ1n) is 11.1. The molecular weight excluding hydrogens is 426 g/mol. The fraction of sp³-hybridized carbons (Fsp3) is 0.417. The number of amides is 2. The van der Waals surface area contributed by atoms with E-state index in [0.29, 0.717) is 44.0 Å². The SMILES string of the molecule is CCCN(CC(=O)N(Cc1ccco1)CC1CCCO1)C(=O)C=Cc1ccc([N+](=O)[O-])cc1. The minimum Gasteiger partial charge on any atom is -0.467 e. The van der Waals surface area contributed by atoms with Crippen LogP contribution in [0.3, 0.4) is 0 Å². The van der Waals surface area contributed by atoms with Crippen molar-refractivity contribution >= 4 is 23.6 Å². The molecular formula is C24H29N3O6. The summed E-state index contributed by atoms with van der Waals surface area (Å²) in [4.78, 5) is 39.5. The Bertz CT molecular complexity index is 949. The molecule has 0 spiro atoms. The molecule has 1 saturated heterocycles. The zero-order valence-corrected chi connectivity index (χ0v) is 18.7. The molecule has 1 atom stereocenters. The molecule has 2 aromatic rings. The fourth-order valence-electron chi connectivity index (χ4n) is 3.66. The molecule has 1 aromatic carbocycles. The summed E-state index contributed by atoms with van der Waals surface area (Å²) >= 11 is 0. The molecule has 2 amide bonds. The molecule has 1 aliphatic rings. The van der Waals surface area contributed by atoms with E-state index in [0.717, 1.165) is 12.8 Å². The monoisotopic (exact) mass is 455 g/mol. The number of furan rings is 1.